The van der Waals surface area contributed by atoms with E-state index in [1.165, 1.54) is 0 Å². The van der Waals surface area contributed by atoms with E-state index >= 15 is 0 Å². The molecule has 5 heteroatoms. The van der Waals surface area contributed by atoms with Crippen LogP contribution in [-0.4, -0.2) is 30.4 Å². The number of hydrogen-bond acceptors (Lipinski definition) is 4. The van der Waals surface area contributed by atoms with Gasteiger partial charge < -0.3 is 19.8 Å². The first kappa shape index (κ1) is 13.6. The summed E-state index contributed by atoms with van der Waals surface area (Å²) in [7, 11) is 1.75. The molecule has 0 aliphatic rings. The van der Waals surface area contributed by atoms with Gasteiger partial charge in [0.25, 0.3) is 0 Å². The van der Waals surface area contributed by atoms with Crippen LogP contribution in [0.1, 0.15) is 30.3 Å². The Balaban J connectivity index is 2.23. The molecule has 0 aliphatic carbocycles. The summed E-state index contributed by atoms with van der Waals surface area (Å²) < 4.78 is 12.0. The lowest BCUT2D eigenvalue weighted by Gasteiger charge is -2.06. The fourth-order valence-electron chi connectivity index (χ4n) is 1.41. The third-order valence-corrected chi connectivity index (χ3v) is 2.34. The molecule has 96 valence electrons. The zero-order valence-corrected chi connectivity index (χ0v) is 10.4. The number of ether oxygens (including phenoxy) is 2. The van der Waals surface area contributed by atoms with Crippen LogP contribution in [0.2, 0.25) is 0 Å². The van der Waals surface area contributed by atoms with Gasteiger partial charge in [0.1, 0.15) is 12.3 Å². The standard InChI is InChI=1S/C12H20N2O3/c1-3-4-5-16-6-7-17-12(15)11-8-10(13)9-14(11)2/h8-9H,3-7,13H2,1-2H3. The van der Waals surface area contributed by atoms with Crippen LogP contribution in [0.15, 0.2) is 12.3 Å². The first-order valence-corrected chi connectivity index (χ1v) is 5.82. The lowest BCUT2D eigenvalue weighted by molar-refractivity contribution is 0.0304. The van der Waals surface area contributed by atoms with Gasteiger partial charge in [0, 0.05) is 19.9 Å². The number of unbranched alkanes of at least 4 members (excludes halogenated alkanes) is 1. The van der Waals surface area contributed by atoms with Crippen molar-refractivity contribution < 1.29 is 14.3 Å². The van der Waals surface area contributed by atoms with Crippen molar-refractivity contribution in [1.29, 1.82) is 0 Å². The maximum atomic E-state index is 11.6. The van der Waals surface area contributed by atoms with Crippen LogP contribution in [0, 0.1) is 0 Å². The average molecular weight is 240 g/mol. The lowest BCUT2D eigenvalue weighted by atomic mass is 10.4. The minimum absolute atomic E-state index is 0.271. The van der Waals surface area contributed by atoms with Crippen molar-refractivity contribution in [2.24, 2.45) is 7.05 Å². The molecule has 0 aliphatic heterocycles. The number of aromatic nitrogens is 1. The first-order valence-electron chi connectivity index (χ1n) is 5.82. The summed E-state index contributed by atoms with van der Waals surface area (Å²) in [5.41, 5.74) is 6.58. The molecule has 1 aromatic heterocycles. The number of nitrogens with zero attached hydrogens (tertiary/aromatic N) is 1. The molecule has 0 amide bonds. The van der Waals surface area contributed by atoms with Crippen LogP contribution in [-0.2, 0) is 16.5 Å². The van der Waals surface area contributed by atoms with Crippen molar-refractivity contribution in [1.82, 2.24) is 4.57 Å². The van der Waals surface area contributed by atoms with Crippen LogP contribution in [0.4, 0.5) is 5.69 Å². The Labute approximate surface area is 101 Å². The van der Waals surface area contributed by atoms with Crippen LogP contribution < -0.4 is 5.73 Å². The Bertz CT molecular complexity index is 361. The highest BCUT2D eigenvalue weighted by molar-refractivity contribution is 5.89. The van der Waals surface area contributed by atoms with Gasteiger partial charge >= 0.3 is 5.97 Å². The molecular weight excluding hydrogens is 220 g/mol. The minimum Gasteiger partial charge on any atom is -0.459 e. The Morgan fingerprint density at radius 1 is 1.41 bits per heavy atom. The molecule has 0 bridgehead atoms. The average Bonchev–Trinajstić information content (AvgIpc) is 2.62. The number of nitrogens with two attached hydrogens (primary N) is 1. The van der Waals surface area contributed by atoms with Gasteiger partial charge in [-0.2, -0.15) is 0 Å². The quantitative estimate of drug-likeness (QED) is 0.580. The maximum absolute atomic E-state index is 11.6. The fourth-order valence-corrected chi connectivity index (χ4v) is 1.41. The van der Waals surface area contributed by atoms with E-state index in [0.717, 1.165) is 12.8 Å². The number of rotatable bonds is 7. The molecule has 0 saturated carbocycles. The first-order chi connectivity index (χ1) is 8.15. The van der Waals surface area contributed by atoms with Gasteiger partial charge in [-0.25, -0.2) is 4.79 Å². The second-order valence-corrected chi connectivity index (χ2v) is 3.87. The third-order valence-electron chi connectivity index (χ3n) is 2.34. The molecule has 0 atom stereocenters. The molecule has 17 heavy (non-hydrogen) atoms. The summed E-state index contributed by atoms with van der Waals surface area (Å²) in [5.74, 6) is -0.372. The predicted molar refractivity (Wildman–Crippen MR) is 65.8 cm³/mol. The SMILES string of the molecule is CCCCOCCOC(=O)c1cc(N)cn1C. The maximum Gasteiger partial charge on any atom is 0.355 e. The molecule has 0 spiro atoms. The van der Waals surface area contributed by atoms with Gasteiger partial charge in [0.05, 0.1) is 12.3 Å². The number of nitrogen functional groups attached to an aromatic ring is 1. The Kier molecular flexibility index (Phi) is 5.56. The molecule has 1 rings (SSSR count). The molecular formula is C12H20N2O3. The zero-order valence-electron chi connectivity index (χ0n) is 10.4. The number of esters is 1. The highest BCUT2D eigenvalue weighted by Gasteiger charge is 2.11. The van der Waals surface area contributed by atoms with Crippen LogP contribution in [0.25, 0.3) is 0 Å². The monoisotopic (exact) mass is 240 g/mol. The summed E-state index contributed by atoms with van der Waals surface area (Å²) in [4.78, 5) is 11.6. The van der Waals surface area contributed by atoms with E-state index in [4.69, 9.17) is 15.2 Å². The van der Waals surface area contributed by atoms with E-state index in [-0.39, 0.29) is 12.6 Å². The lowest BCUT2D eigenvalue weighted by Crippen LogP contribution is -2.13. The van der Waals surface area contributed by atoms with Gasteiger partial charge in [-0.15, -0.1) is 0 Å². The van der Waals surface area contributed by atoms with E-state index in [2.05, 4.69) is 6.92 Å². The van der Waals surface area contributed by atoms with E-state index in [1.807, 2.05) is 0 Å². The molecule has 0 aromatic carbocycles. The second-order valence-electron chi connectivity index (χ2n) is 3.87. The zero-order chi connectivity index (χ0) is 12.7. The Morgan fingerprint density at radius 2 is 2.18 bits per heavy atom. The number of carbonyl (C=O) groups excluding carboxylic acids is 1. The smallest absolute Gasteiger partial charge is 0.355 e. The summed E-state index contributed by atoms with van der Waals surface area (Å²) in [6.07, 6.45) is 3.80. The molecule has 1 aromatic rings. The third kappa shape index (κ3) is 4.48. The molecule has 0 saturated heterocycles. The molecule has 5 nitrogen and oxygen atoms in total. The number of carbonyl (C=O) groups is 1. The summed E-state index contributed by atoms with van der Waals surface area (Å²) in [5, 5.41) is 0. The van der Waals surface area contributed by atoms with E-state index in [9.17, 15) is 4.79 Å². The topological polar surface area (TPSA) is 66.5 Å². The molecule has 2 N–H and O–H groups in total. The van der Waals surface area contributed by atoms with Crippen molar-refractivity contribution in [2.45, 2.75) is 19.8 Å². The normalized spacial score (nSPS) is 10.5. The van der Waals surface area contributed by atoms with Gasteiger partial charge in [-0.05, 0) is 12.5 Å². The van der Waals surface area contributed by atoms with Crippen LogP contribution in [0.5, 0.6) is 0 Å². The molecule has 0 unspecified atom stereocenters. The summed E-state index contributed by atoms with van der Waals surface area (Å²) >= 11 is 0. The second kappa shape index (κ2) is 6.96. The van der Waals surface area contributed by atoms with Crippen molar-refractivity contribution in [3.8, 4) is 0 Å². The van der Waals surface area contributed by atoms with E-state index in [0.29, 0.717) is 24.6 Å². The molecule has 0 radical (unpaired) electrons. The highest BCUT2D eigenvalue weighted by Crippen LogP contribution is 2.09. The van der Waals surface area contributed by atoms with E-state index in [1.54, 1.807) is 23.9 Å². The Hall–Kier alpha value is -1.49. The minimum atomic E-state index is -0.372. The van der Waals surface area contributed by atoms with Gasteiger partial charge in [0.15, 0.2) is 0 Å². The van der Waals surface area contributed by atoms with E-state index < -0.39 is 0 Å². The summed E-state index contributed by atoms with van der Waals surface area (Å²) in [6.45, 7) is 3.52. The molecule has 1 heterocycles. The number of aryl methyl sites for hydroxylation is 1. The predicted octanol–water partition coefficient (Wildman–Crippen LogP) is 1.58. The largest absolute Gasteiger partial charge is 0.459 e. The number of anilines is 1. The number of hydrogen-bond donors (Lipinski definition) is 1. The highest BCUT2D eigenvalue weighted by atomic mass is 16.6. The van der Waals surface area contributed by atoms with Gasteiger partial charge in [-0.3, -0.25) is 0 Å². The van der Waals surface area contributed by atoms with Gasteiger partial charge in [0.2, 0.25) is 0 Å². The molecule has 0 fully saturated rings. The Morgan fingerprint density at radius 3 is 2.76 bits per heavy atom. The van der Waals surface area contributed by atoms with Crippen molar-refractivity contribution in [2.75, 3.05) is 25.6 Å². The van der Waals surface area contributed by atoms with Crippen molar-refractivity contribution >= 4 is 11.7 Å². The van der Waals surface area contributed by atoms with Crippen LogP contribution in [0.3, 0.4) is 0 Å². The summed E-state index contributed by atoms with van der Waals surface area (Å²) in [6, 6.07) is 1.60. The van der Waals surface area contributed by atoms with Gasteiger partial charge in [-0.1, -0.05) is 13.3 Å². The van der Waals surface area contributed by atoms with Crippen molar-refractivity contribution in [3.05, 3.63) is 18.0 Å². The van der Waals surface area contributed by atoms with Crippen molar-refractivity contribution in [3.63, 3.8) is 0 Å². The van der Waals surface area contributed by atoms with Crippen LogP contribution >= 0.6 is 0 Å². The fraction of sp³-hybridized carbons (Fsp3) is 0.583.